The third-order valence-electron chi connectivity index (χ3n) is 3.30. The van der Waals surface area contributed by atoms with Crippen LogP contribution < -0.4 is 4.72 Å². The van der Waals surface area contributed by atoms with E-state index in [1.54, 1.807) is 0 Å². The van der Waals surface area contributed by atoms with Gasteiger partial charge in [-0.15, -0.1) is 0 Å². The van der Waals surface area contributed by atoms with Crippen molar-refractivity contribution in [3.05, 3.63) is 35.9 Å². The van der Waals surface area contributed by atoms with Gasteiger partial charge in [0.2, 0.25) is 10.0 Å². The largest absolute Gasteiger partial charge is 0.480 e. The molecule has 1 aromatic carbocycles. The molecular weight excluding hydrogens is 278 g/mol. The quantitative estimate of drug-likeness (QED) is 0.770. The molecule has 0 aliphatic heterocycles. The Morgan fingerprint density at radius 2 is 1.75 bits per heavy atom. The zero-order valence-electron chi connectivity index (χ0n) is 11.7. The summed E-state index contributed by atoms with van der Waals surface area (Å²) in [7, 11) is -3.84. The van der Waals surface area contributed by atoms with Crippen LogP contribution in [0.15, 0.2) is 30.3 Å². The topological polar surface area (TPSA) is 83.5 Å². The highest BCUT2D eigenvalue weighted by molar-refractivity contribution is 7.90. The summed E-state index contributed by atoms with van der Waals surface area (Å²) >= 11 is 0. The van der Waals surface area contributed by atoms with Gasteiger partial charge in [0, 0.05) is 6.04 Å². The third kappa shape index (κ3) is 4.94. The maximum absolute atomic E-state index is 11.9. The standard InChI is InChI=1S/C14H21NO4S/c1-3-11(4-2)14(12-8-6-5-7-9-12)15-20(18,19)10-13(16)17/h5-9,11,14-15H,3-4,10H2,1-2H3,(H,16,17). The first-order chi connectivity index (χ1) is 9.39. The molecular formula is C14H21NO4S. The monoisotopic (exact) mass is 299 g/mol. The van der Waals surface area contributed by atoms with Crippen LogP contribution in [0.5, 0.6) is 0 Å². The van der Waals surface area contributed by atoms with E-state index in [-0.39, 0.29) is 5.92 Å². The van der Waals surface area contributed by atoms with Crippen molar-refractivity contribution in [2.24, 2.45) is 5.92 Å². The summed E-state index contributed by atoms with van der Waals surface area (Å²) in [6, 6.07) is 8.86. The predicted molar refractivity (Wildman–Crippen MR) is 77.8 cm³/mol. The van der Waals surface area contributed by atoms with E-state index >= 15 is 0 Å². The minimum absolute atomic E-state index is 0.126. The molecule has 112 valence electrons. The molecule has 6 heteroatoms. The fourth-order valence-corrected chi connectivity index (χ4v) is 3.38. The highest BCUT2D eigenvalue weighted by atomic mass is 32.2. The smallest absolute Gasteiger partial charge is 0.320 e. The van der Waals surface area contributed by atoms with Gasteiger partial charge < -0.3 is 5.11 Å². The van der Waals surface area contributed by atoms with E-state index in [0.717, 1.165) is 18.4 Å². The number of carboxylic acids is 1. The first kappa shape index (κ1) is 16.7. The van der Waals surface area contributed by atoms with Gasteiger partial charge in [0.1, 0.15) is 0 Å². The molecule has 0 aliphatic carbocycles. The molecule has 0 bridgehead atoms. The SMILES string of the molecule is CCC(CC)C(NS(=O)(=O)CC(=O)O)c1ccccc1. The first-order valence-corrected chi connectivity index (χ1v) is 8.31. The van der Waals surface area contributed by atoms with E-state index in [1.807, 2.05) is 44.2 Å². The fraction of sp³-hybridized carbons (Fsp3) is 0.500. The van der Waals surface area contributed by atoms with E-state index in [0.29, 0.717) is 0 Å². The number of carbonyl (C=O) groups is 1. The summed E-state index contributed by atoms with van der Waals surface area (Å²) in [4.78, 5) is 10.6. The second kappa shape index (κ2) is 7.40. The molecule has 1 aromatic rings. The van der Waals surface area contributed by atoms with Crippen LogP contribution in [0.1, 0.15) is 38.3 Å². The van der Waals surface area contributed by atoms with Crippen LogP contribution in [-0.4, -0.2) is 25.2 Å². The number of hydrogen-bond donors (Lipinski definition) is 2. The zero-order chi connectivity index (χ0) is 15.2. The summed E-state index contributed by atoms with van der Waals surface area (Å²) in [5.41, 5.74) is 0.857. The molecule has 1 unspecified atom stereocenters. The number of carboxylic acid groups (broad SMARTS) is 1. The third-order valence-corrected chi connectivity index (χ3v) is 4.54. The maximum atomic E-state index is 11.9. The van der Waals surface area contributed by atoms with Gasteiger partial charge in [-0.05, 0) is 11.5 Å². The Balaban J connectivity index is 3.03. The minimum Gasteiger partial charge on any atom is -0.480 e. The van der Waals surface area contributed by atoms with E-state index in [2.05, 4.69) is 4.72 Å². The molecule has 0 aromatic heterocycles. The molecule has 0 spiro atoms. The maximum Gasteiger partial charge on any atom is 0.320 e. The van der Waals surface area contributed by atoms with Gasteiger partial charge in [-0.3, -0.25) is 4.79 Å². The van der Waals surface area contributed by atoms with E-state index < -0.39 is 27.8 Å². The molecule has 0 saturated heterocycles. The van der Waals surface area contributed by atoms with Crippen molar-refractivity contribution in [2.45, 2.75) is 32.7 Å². The van der Waals surface area contributed by atoms with Crippen LogP contribution in [0.2, 0.25) is 0 Å². The molecule has 0 fully saturated rings. The van der Waals surface area contributed by atoms with Crippen molar-refractivity contribution < 1.29 is 18.3 Å². The van der Waals surface area contributed by atoms with Crippen LogP contribution in [0, 0.1) is 5.92 Å². The number of benzene rings is 1. The van der Waals surface area contributed by atoms with Crippen molar-refractivity contribution in [2.75, 3.05) is 5.75 Å². The molecule has 5 nitrogen and oxygen atoms in total. The Morgan fingerprint density at radius 3 is 2.20 bits per heavy atom. The van der Waals surface area contributed by atoms with Gasteiger partial charge in [-0.2, -0.15) is 0 Å². The normalized spacial score (nSPS) is 13.3. The van der Waals surface area contributed by atoms with Crippen molar-refractivity contribution in [3.63, 3.8) is 0 Å². The Hall–Kier alpha value is -1.40. The van der Waals surface area contributed by atoms with Crippen molar-refractivity contribution in [1.29, 1.82) is 0 Å². The fourth-order valence-electron chi connectivity index (χ4n) is 2.25. The van der Waals surface area contributed by atoms with Crippen molar-refractivity contribution in [3.8, 4) is 0 Å². The molecule has 1 rings (SSSR count). The lowest BCUT2D eigenvalue weighted by molar-refractivity contribution is -0.134. The van der Waals surface area contributed by atoms with Gasteiger partial charge in [0.15, 0.2) is 5.75 Å². The summed E-state index contributed by atoms with van der Waals surface area (Å²) in [5, 5.41) is 8.67. The lowest BCUT2D eigenvalue weighted by atomic mass is 9.90. The molecule has 2 N–H and O–H groups in total. The summed E-state index contributed by atoms with van der Waals surface area (Å²) in [6.07, 6.45) is 1.62. The Morgan fingerprint density at radius 1 is 1.20 bits per heavy atom. The molecule has 0 amide bonds. The second-order valence-corrected chi connectivity index (χ2v) is 6.49. The summed E-state index contributed by atoms with van der Waals surface area (Å²) < 4.78 is 26.3. The van der Waals surface area contributed by atoms with Gasteiger partial charge in [-0.1, -0.05) is 57.0 Å². The molecule has 0 radical (unpaired) electrons. The van der Waals surface area contributed by atoms with Crippen LogP contribution in [0.3, 0.4) is 0 Å². The Kier molecular flexibility index (Phi) is 6.16. The number of aliphatic carboxylic acids is 1. The van der Waals surface area contributed by atoms with Gasteiger partial charge >= 0.3 is 5.97 Å². The van der Waals surface area contributed by atoms with E-state index in [4.69, 9.17) is 5.11 Å². The second-order valence-electron chi connectivity index (χ2n) is 4.74. The highest BCUT2D eigenvalue weighted by Gasteiger charge is 2.26. The van der Waals surface area contributed by atoms with Crippen LogP contribution in [-0.2, 0) is 14.8 Å². The average Bonchev–Trinajstić information content (AvgIpc) is 2.38. The van der Waals surface area contributed by atoms with E-state index in [9.17, 15) is 13.2 Å². The lowest BCUT2D eigenvalue weighted by Gasteiger charge is -2.26. The highest BCUT2D eigenvalue weighted by Crippen LogP contribution is 2.28. The van der Waals surface area contributed by atoms with Gasteiger partial charge in [0.25, 0.3) is 0 Å². The molecule has 0 saturated carbocycles. The zero-order valence-corrected chi connectivity index (χ0v) is 12.6. The summed E-state index contributed by atoms with van der Waals surface area (Å²) in [6.45, 7) is 3.99. The Labute approximate surface area is 120 Å². The van der Waals surface area contributed by atoms with Crippen molar-refractivity contribution >= 4 is 16.0 Å². The van der Waals surface area contributed by atoms with Crippen LogP contribution in [0.25, 0.3) is 0 Å². The molecule has 0 heterocycles. The number of nitrogens with one attached hydrogen (secondary N) is 1. The average molecular weight is 299 g/mol. The van der Waals surface area contributed by atoms with Gasteiger partial charge in [-0.25, -0.2) is 13.1 Å². The van der Waals surface area contributed by atoms with Gasteiger partial charge in [0.05, 0.1) is 0 Å². The molecule has 1 atom stereocenters. The predicted octanol–water partition coefficient (Wildman–Crippen LogP) is 2.17. The minimum atomic E-state index is -3.84. The number of sulfonamides is 1. The lowest BCUT2D eigenvalue weighted by Crippen LogP contribution is -2.36. The molecule has 0 aliphatic rings. The number of hydrogen-bond acceptors (Lipinski definition) is 3. The number of rotatable bonds is 8. The van der Waals surface area contributed by atoms with Crippen LogP contribution >= 0.6 is 0 Å². The first-order valence-electron chi connectivity index (χ1n) is 6.66. The van der Waals surface area contributed by atoms with E-state index in [1.165, 1.54) is 0 Å². The van der Waals surface area contributed by atoms with Crippen molar-refractivity contribution in [1.82, 2.24) is 4.72 Å². The molecule has 20 heavy (non-hydrogen) atoms. The van der Waals surface area contributed by atoms with Crippen LogP contribution in [0.4, 0.5) is 0 Å². The Bertz CT molecular complexity index is 523. The summed E-state index contributed by atoms with van der Waals surface area (Å²) in [5.74, 6) is -2.13.